The Kier molecular flexibility index (Phi) is 30.9. The number of methoxy groups -OCH3 is 2. The van der Waals surface area contributed by atoms with E-state index in [1.807, 2.05) is 130 Å². The number of ether oxygens (including phenoxy) is 4. The predicted octanol–water partition coefficient (Wildman–Crippen LogP) is 19.3. The Bertz CT molecular complexity index is 4460. The van der Waals surface area contributed by atoms with Crippen LogP contribution in [0.3, 0.4) is 0 Å². The second kappa shape index (κ2) is 41.2. The Morgan fingerprint density at radius 2 is 0.841 bits per heavy atom. The fourth-order valence-corrected chi connectivity index (χ4v) is 15.5. The molecule has 2 unspecified atom stereocenters. The lowest BCUT2D eigenvalue weighted by Gasteiger charge is -2.35. The molecule has 2 heterocycles. The van der Waals surface area contributed by atoms with Crippen molar-refractivity contribution in [1.82, 2.24) is 30.2 Å². The van der Waals surface area contributed by atoms with Gasteiger partial charge in [0.15, 0.2) is 11.6 Å². The number of hydrogen-bond donors (Lipinski definition) is 4. The zero-order valence-corrected chi connectivity index (χ0v) is 67.6. The number of aromatic carboxylic acids is 1. The van der Waals surface area contributed by atoms with Crippen molar-refractivity contribution in [2.45, 2.75) is 195 Å². The van der Waals surface area contributed by atoms with Crippen molar-refractivity contribution >= 4 is 58.2 Å². The molecule has 0 spiro atoms. The quantitative estimate of drug-likeness (QED) is 0.0368. The predicted molar refractivity (Wildman–Crippen MR) is 446 cm³/mol. The molecule has 2 saturated carbocycles. The van der Waals surface area contributed by atoms with Crippen molar-refractivity contribution in [3.05, 3.63) is 227 Å². The summed E-state index contributed by atoms with van der Waals surface area (Å²) in [5.41, 5.74) is 11.1. The number of allylic oxidation sites excluding steroid dienone is 4. The minimum Gasteiger partial charge on any atom is -0.497 e. The summed E-state index contributed by atoms with van der Waals surface area (Å²) in [6.07, 6.45) is 34.3. The van der Waals surface area contributed by atoms with E-state index in [0.29, 0.717) is 29.3 Å². The third-order valence-electron chi connectivity index (χ3n) is 21.9. The van der Waals surface area contributed by atoms with Gasteiger partial charge in [0, 0.05) is 77.1 Å². The number of aromatic nitrogens is 4. The van der Waals surface area contributed by atoms with Gasteiger partial charge in [0.25, 0.3) is 5.91 Å². The smallest absolute Gasteiger partial charge is 0.335 e. The number of carboxylic acid groups (broad SMARTS) is 1. The van der Waals surface area contributed by atoms with E-state index in [4.69, 9.17) is 34.0 Å². The lowest BCUT2D eigenvalue weighted by Crippen LogP contribution is -2.38. The summed E-state index contributed by atoms with van der Waals surface area (Å²) in [7, 11) is 3.18. The molecule has 12 rings (SSSR count). The van der Waals surface area contributed by atoms with Crippen LogP contribution in [0.25, 0.3) is 33.9 Å². The Morgan fingerprint density at radius 3 is 1.21 bits per heavy atom. The van der Waals surface area contributed by atoms with Gasteiger partial charge in [-0.3, -0.25) is 24.0 Å². The topological polar surface area (TPSA) is 250 Å². The van der Waals surface area contributed by atoms with Gasteiger partial charge in [-0.1, -0.05) is 137 Å². The molecule has 4 N–H and O–H groups in total. The van der Waals surface area contributed by atoms with E-state index >= 15 is 0 Å². The van der Waals surface area contributed by atoms with Gasteiger partial charge in [0.1, 0.15) is 29.2 Å². The second-order valence-corrected chi connectivity index (χ2v) is 32.4. The lowest BCUT2D eigenvalue weighted by molar-refractivity contribution is -0.156. The van der Waals surface area contributed by atoms with Gasteiger partial charge in [-0.05, 0) is 247 Å². The van der Waals surface area contributed by atoms with Crippen LogP contribution in [0.1, 0.15) is 212 Å². The van der Waals surface area contributed by atoms with Crippen LogP contribution in [-0.2, 0) is 54.6 Å². The first-order chi connectivity index (χ1) is 54.3. The number of anilines is 2. The maximum atomic E-state index is 13.8. The number of benzene rings is 6. The number of hydrogen-bond acceptors (Lipinski definition) is 15. The molecule has 2 aromatic heterocycles. The Morgan fingerprint density at radius 1 is 0.451 bits per heavy atom. The number of carboxylic acids is 1. The molecular formula is C94H114N8O11. The molecule has 19 nitrogen and oxygen atoms in total. The molecule has 4 aliphatic carbocycles. The number of nitrogens with one attached hydrogen (secondary N) is 3. The molecular weight excluding hydrogens is 1420 g/mol. The van der Waals surface area contributed by atoms with Gasteiger partial charge in [-0.15, -0.1) is 0 Å². The van der Waals surface area contributed by atoms with Crippen LogP contribution < -0.4 is 25.4 Å². The van der Waals surface area contributed by atoms with Gasteiger partial charge in [-0.2, -0.15) is 0 Å². The summed E-state index contributed by atoms with van der Waals surface area (Å²) >= 11 is 0. The number of esters is 2. The average molecular weight is 1530 g/mol. The Hall–Kier alpha value is -10.7. The second-order valence-electron chi connectivity index (χ2n) is 32.4. The molecule has 0 radical (unpaired) electrons. The van der Waals surface area contributed by atoms with Gasteiger partial charge >= 0.3 is 17.9 Å². The number of amides is 3. The molecule has 113 heavy (non-hydrogen) atoms. The summed E-state index contributed by atoms with van der Waals surface area (Å²) < 4.78 is 21.1. The fraction of sp³-hybridized carbons (Fsp3) is 0.426. The number of carbonyl (C=O) groups excluding carboxylic acids is 5. The van der Waals surface area contributed by atoms with E-state index in [2.05, 4.69) is 51.9 Å². The van der Waals surface area contributed by atoms with Crippen molar-refractivity contribution in [3.8, 4) is 34.3 Å². The maximum Gasteiger partial charge on any atom is 0.335 e. The van der Waals surface area contributed by atoms with Crippen LogP contribution >= 0.6 is 0 Å². The Labute approximate surface area is 667 Å². The fourth-order valence-electron chi connectivity index (χ4n) is 15.5. The molecule has 2 atom stereocenters. The standard InChI is InChI=1S/C47H56N4O5.C31H43N3O2.C16H15NO4/c1-6-32-7-13-35(14-8-32)36-17-19-37(20-18-36)40-28-48-45(49-29-40)38-15-9-34(10-16-38)30-51(31-44(53)56-47(2,3)4)46(54)39-21-23-41(24-22-39)50-43(52)27-33-11-25-42(55-5)26-12-33;1-5-22-6-10-24(11-7-22)25-14-16-26(17-15-25)28-19-33-30(34-20-28)27-12-8-23(9-13-27)18-32-21-29(35)36-31(2,3)4;1-21-14-8-2-11(3-9-14)10-15(18)17-13-6-4-12(5-7-13)16(19)20/h9-12,15-16,19,21-26,28-29,32,35-36H,6-8,13-14,17-18,20,27,30-31H2,1-5H3,(H,50,52);8-9,12-13,16,19-20,22,24-25,32H,5-7,10-11,14-15,17-18,21H2,1-4H3;2-9H,10H2,1H3,(H,17,18)(H,19,20). The molecule has 2 fully saturated rings. The summed E-state index contributed by atoms with van der Waals surface area (Å²) in [6.45, 7) is 16.5. The van der Waals surface area contributed by atoms with Gasteiger partial charge in [-0.25, -0.2) is 24.7 Å². The molecule has 596 valence electrons. The summed E-state index contributed by atoms with van der Waals surface area (Å²) in [5.74, 6) is 5.83. The molecule has 8 aromatic rings. The van der Waals surface area contributed by atoms with E-state index in [0.717, 1.165) is 117 Å². The highest BCUT2D eigenvalue weighted by atomic mass is 16.6. The molecule has 6 aromatic carbocycles. The van der Waals surface area contributed by atoms with Gasteiger partial charge < -0.3 is 44.9 Å². The highest BCUT2D eigenvalue weighted by Gasteiger charge is 2.31. The summed E-state index contributed by atoms with van der Waals surface area (Å²) in [6, 6.07) is 43.2. The zero-order valence-electron chi connectivity index (χ0n) is 67.6. The van der Waals surface area contributed by atoms with E-state index in [-0.39, 0.29) is 61.7 Å². The lowest BCUT2D eigenvalue weighted by atomic mass is 9.71. The van der Waals surface area contributed by atoms with Crippen LogP contribution in [0.4, 0.5) is 11.4 Å². The van der Waals surface area contributed by atoms with E-state index in [9.17, 15) is 28.8 Å². The van der Waals surface area contributed by atoms with Crippen LogP contribution in [0, 0.1) is 35.5 Å². The van der Waals surface area contributed by atoms with E-state index in [1.165, 1.54) is 112 Å². The van der Waals surface area contributed by atoms with Crippen molar-refractivity contribution < 1.29 is 52.8 Å². The molecule has 4 aliphatic rings. The largest absolute Gasteiger partial charge is 0.497 e. The summed E-state index contributed by atoms with van der Waals surface area (Å²) in [4.78, 5) is 94.2. The van der Waals surface area contributed by atoms with Crippen molar-refractivity contribution in [2.75, 3.05) is 37.9 Å². The molecule has 0 aliphatic heterocycles. The number of nitrogens with zero attached hydrogens (tertiary/aromatic N) is 5. The van der Waals surface area contributed by atoms with Crippen LogP contribution in [-0.4, -0.2) is 104 Å². The molecule has 0 bridgehead atoms. The maximum absolute atomic E-state index is 13.8. The van der Waals surface area contributed by atoms with Crippen molar-refractivity contribution in [3.63, 3.8) is 0 Å². The van der Waals surface area contributed by atoms with Crippen LogP contribution in [0.5, 0.6) is 11.5 Å². The minimum absolute atomic E-state index is 0.164. The first-order valence-electron chi connectivity index (χ1n) is 40.3. The third-order valence-corrected chi connectivity index (χ3v) is 21.9. The molecule has 3 amide bonds. The monoisotopic (exact) mass is 1530 g/mol. The molecule has 0 saturated heterocycles. The van der Waals surface area contributed by atoms with Crippen LogP contribution in [0.15, 0.2) is 183 Å². The normalized spacial score (nSPS) is 18.2. The average Bonchev–Trinajstić information content (AvgIpc) is 0.833. The van der Waals surface area contributed by atoms with Gasteiger partial charge in [0.05, 0.1) is 39.2 Å². The highest BCUT2D eigenvalue weighted by Crippen LogP contribution is 2.44. The highest BCUT2D eigenvalue weighted by molar-refractivity contribution is 5.98. The van der Waals surface area contributed by atoms with Crippen LogP contribution in [0.2, 0.25) is 0 Å². The number of carbonyl (C=O) groups is 6. The Balaban J connectivity index is 0.000000201. The zero-order chi connectivity index (χ0) is 80.4. The van der Waals surface area contributed by atoms with E-state index < -0.39 is 23.1 Å². The van der Waals surface area contributed by atoms with Gasteiger partial charge in [0.2, 0.25) is 11.8 Å². The summed E-state index contributed by atoms with van der Waals surface area (Å²) in [5, 5.41) is 17.5. The van der Waals surface area contributed by atoms with Crippen molar-refractivity contribution in [1.29, 1.82) is 0 Å². The number of rotatable bonds is 26. The first-order valence-corrected chi connectivity index (χ1v) is 40.3. The molecule has 19 heteroatoms. The van der Waals surface area contributed by atoms with E-state index in [1.54, 1.807) is 83.5 Å². The van der Waals surface area contributed by atoms with Crippen molar-refractivity contribution in [2.24, 2.45) is 35.5 Å². The third kappa shape index (κ3) is 26.8. The SMILES string of the molecule is CCC1CCC(C2CC=C(c3cnc(-c4ccc(CN(CC(=O)OC(C)(C)C)C(=O)c5ccc(NC(=O)Cc6ccc(OC)cc6)cc5)cc4)nc3)CC2)CC1.CCC1CCC(C2CC=C(c3cnc(-c4ccc(CNCC(=O)OC(C)(C)C)cc4)nc3)CC2)CC1.COc1ccc(CC(=O)Nc2ccc(C(=O)O)cc2)cc1. The minimum atomic E-state index is -0.994. The first kappa shape index (κ1) is 84.8.